The van der Waals surface area contributed by atoms with Crippen LogP contribution in [-0.4, -0.2) is 23.8 Å². The highest BCUT2D eigenvalue weighted by Gasteiger charge is 2.29. The Bertz CT molecular complexity index is 874. The summed E-state index contributed by atoms with van der Waals surface area (Å²) in [6.45, 7) is 3.67. The standard InChI is InChI=1S/C22H25N3O4/c1-3-15-4-12-19(13-5-15)29-14(2)20(26)24-25-22(28)17-8-10-18(11-9-17)23-21(27)16-6-7-16/h4-5,8-14,16H,3,6-7H2,1-2H3,(H,23,27)(H,24,26)(H,25,28)/t14-/m1/s1. The quantitative estimate of drug-likeness (QED) is 0.628. The van der Waals surface area contributed by atoms with Crippen molar-refractivity contribution in [2.45, 2.75) is 39.2 Å². The molecule has 0 bridgehead atoms. The molecule has 3 N–H and O–H groups in total. The SMILES string of the molecule is CCc1ccc(O[C@H](C)C(=O)NNC(=O)c2ccc(NC(=O)C3CC3)cc2)cc1. The van der Waals surface area contributed by atoms with Crippen LogP contribution in [0.4, 0.5) is 5.69 Å². The smallest absolute Gasteiger partial charge is 0.279 e. The summed E-state index contributed by atoms with van der Waals surface area (Å²) in [6.07, 6.45) is 2.01. The van der Waals surface area contributed by atoms with Crippen molar-refractivity contribution in [3.05, 3.63) is 59.7 Å². The average molecular weight is 395 g/mol. The van der Waals surface area contributed by atoms with E-state index in [1.165, 1.54) is 5.56 Å². The zero-order valence-electron chi connectivity index (χ0n) is 16.5. The Morgan fingerprint density at radius 3 is 2.24 bits per heavy atom. The molecule has 152 valence electrons. The van der Waals surface area contributed by atoms with Gasteiger partial charge in [0, 0.05) is 17.2 Å². The summed E-state index contributed by atoms with van der Waals surface area (Å²) in [7, 11) is 0. The summed E-state index contributed by atoms with van der Waals surface area (Å²) in [5.74, 6) is -0.223. The second-order valence-corrected chi connectivity index (χ2v) is 7.04. The van der Waals surface area contributed by atoms with Crippen LogP contribution in [0.25, 0.3) is 0 Å². The minimum absolute atomic E-state index is 0.00721. The van der Waals surface area contributed by atoms with E-state index in [0.717, 1.165) is 19.3 Å². The lowest BCUT2D eigenvalue weighted by Gasteiger charge is -2.15. The maximum atomic E-state index is 12.2. The monoisotopic (exact) mass is 395 g/mol. The first-order valence-corrected chi connectivity index (χ1v) is 9.73. The Balaban J connectivity index is 1.45. The third-order valence-electron chi connectivity index (χ3n) is 4.68. The lowest BCUT2D eigenvalue weighted by Crippen LogP contribution is -2.47. The maximum Gasteiger partial charge on any atom is 0.279 e. The molecule has 3 rings (SSSR count). The van der Waals surface area contributed by atoms with Gasteiger partial charge in [0.25, 0.3) is 11.8 Å². The molecule has 0 unspecified atom stereocenters. The molecule has 1 aliphatic rings. The Kier molecular flexibility index (Phi) is 6.49. The predicted molar refractivity (Wildman–Crippen MR) is 109 cm³/mol. The molecule has 2 aromatic carbocycles. The predicted octanol–water partition coefficient (Wildman–Crippen LogP) is 2.83. The molecule has 7 nitrogen and oxygen atoms in total. The number of carbonyl (C=O) groups excluding carboxylic acids is 3. The Hall–Kier alpha value is -3.35. The summed E-state index contributed by atoms with van der Waals surface area (Å²) >= 11 is 0. The fourth-order valence-electron chi connectivity index (χ4n) is 2.65. The Morgan fingerprint density at radius 2 is 1.66 bits per heavy atom. The van der Waals surface area contributed by atoms with Gasteiger partial charge in [0.05, 0.1) is 0 Å². The zero-order valence-corrected chi connectivity index (χ0v) is 16.5. The summed E-state index contributed by atoms with van der Waals surface area (Å²) in [4.78, 5) is 36.1. The second-order valence-electron chi connectivity index (χ2n) is 7.04. The van der Waals surface area contributed by atoms with Gasteiger partial charge in [-0.2, -0.15) is 0 Å². The maximum absolute atomic E-state index is 12.2. The molecular formula is C22H25N3O4. The summed E-state index contributed by atoms with van der Waals surface area (Å²) < 4.78 is 5.59. The van der Waals surface area contributed by atoms with E-state index in [-0.39, 0.29) is 11.8 Å². The molecule has 1 saturated carbocycles. The number of anilines is 1. The van der Waals surface area contributed by atoms with Gasteiger partial charge in [-0.25, -0.2) is 0 Å². The first-order chi connectivity index (χ1) is 14.0. The van der Waals surface area contributed by atoms with Crippen LogP contribution in [-0.2, 0) is 16.0 Å². The third-order valence-corrected chi connectivity index (χ3v) is 4.68. The van der Waals surface area contributed by atoms with Gasteiger partial charge in [-0.1, -0.05) is 19.1 Å². The number of benzene rings is 2. The lowest BCUT2D eigenvalue weighted by atomic mass is 10.2. The molecule has 0 aliphatic heterocycles. The summed E-state index contributed by atoms with van der Waals surface area (Å²) in [5, 5.41) is 2.81. The summed E-state index contributed by atoms with van der Waals surface area (Å²) in [5.41, 5.74) is 6.90. The van der Waals surface area contributed by atoms with Crippen molar-refractivity contribution >= 4 is 23.4 Å². The largest absolute Gasteiger partial charge is 0.481 e. The van der Waals surface area contributed by atoms with Crippen molar-refractivity contribution in [1.29, 1.82) is 0 Å². The van der Waals surface area contributed by atoms with E-state index in [4.69, 9.17) is 4.74 Å². The molecule has 1 atom stereocenters. The Morgan fingerprint density at radius 1 is 1.00 bits per heavy atom. The number of hydrogen-bond donors (Lipinski definition) is 3. The van der Waals surface area contributed by atoms with Gasteiger partial charge in [0.15, 0.2) is 6.10 Å². The molecule has 0 heterocycles. The number of nitrogens with one attached hydrogen (secondary N) is 3. The van der Waals surface area contributed by atoms with Crippen molar-refractivity contribution in [2.24, 2.45) is 5.92 Å². The van der Waals surface area contributed by atoms with E-state index in [1.54, 1.807) is 31.2 Å². The van der Waals surface area contributed by atoms with Crippen LogP contribution in [0.5, 0.6) is 5.75 Å². The number of amides is 3. The van der Waals surface area contributed by atoms with E-state index in [0.29, 0.717) is 17.0 Å². The van der Waals surface area contributed by atoms with Crippen molar-refractivity contribution in [1.82, 2.24) is 10.9 Å². The number of aryl methyl sites for hydroxylation is 1. The fourth-order valence-corrected chi connectivity index (χ4v) is 2.65. The van der Waals surface area contributed by atoms with Gasteiger partial charge in [0.2, 0.25) is 5.91 Å². The Labute approximate surface area is 169 Å². The molecule has 2 aromatic rings. The number of rotatable bonds is 7. The van der Waals surface area contributed by atoms with Crippen LogP contribution in [0, 0.1) is 5.92 Å². The van der Waals surface area contributed by atoms with Gasteiger partial charge < -0.3 is 10.1 Å². The lowest BCUT2D eigenvalue weighted by molar-refractivity contribution is -0.128. The molecule has 1 fully saturated rings. The van der Waals surface area contributed by atoms with Crippen LogP contribution in [0.3, 0.4) is 0 Å². The van der Waals surface area contributed by atoms with Crippen LogP contribution in [0.1, 0.15) is 42.6 Å². The molecule has 0 saturated heterocycles. The molecular weight excluding hydrogens is 370 g/mol. The first-order valence-electron chi connectivity index (χ1n) is 9.73. The topological polar surface area (TPSA) is 96.5 Å². The van der Waals surface area contributed by atoms with Gasteiger partial charge in [-0.3, -0.25) is 25.2 Å². The third kappa shape index (κ3) is 5.81. The molecule has 29 heavy (non-hydrogen) atoms. The molecule has 0 radical (unpaired) electrons. The van der Waals surface area contributed by atoms with Gasteiger partial charge in [0.1, 0.15) is 5.75 Å². The molecule has 0 aromatic heterocycles. The highest BCUT2D eigenvalue weighted by molar-refractivity contribution is 5.97. The van der Waals surface area contributed by atoms with Crippen molar-refractivity contribution in [3.63, 3.8) is 0 Å². The van der Waals surface area contributed by atoms with Crippen molar-refractivity contribution in [3.8, 4) is 5.75 Å². The van der Waals surface area contributed by atoms with Crippen LogP contribution in [0.2, 0.25) is 0 Å². The van der Waals surface area contributed by atoms with Gasteiger partial charge in [-0.15, -0.1) is 0 Å². The minimum Gasteiger partial charge on any atom is -0.481 e. The highest BCUT2D eigenvalue weighted by Crippen LogP contribution is 2.30. The van der Waals surface area contributed by atoms with Crippen LogP contribution < -0.4 is 20.9 Å². The number of carbonyl (C=O) groups is 3. The fraction of sp³-hybridized carbons (Fsp3) is 0.318. The summed E-state index contributed by atoms with van der Waals surface area (Å²) in [6, 6.07) is 14.0. The van der Waals surface area contributed by atoms with Gasteiger partial charge in [-0.05, 0) is 68.1 Å². The molecule has 1 aliphatic carbocycles. The molecule has 0 spiro atoms. The molecule has 3 amide bonds. The van der Waals surface area contributed by atoms with Gasteiger partial charge >= 0.3 is 0 Å². The first kappa shape index (κ1) is 20.4. The number of hydrazine groups is 1. The van der Waals surface area contributed by atoms with Crippen molar-refractivity contribution < 1.29 is 19.1 Å². The van der Waals surface area contributed by atoms with Crippen molar-refractivity contribution in [2.75, 3.05) is 5.32 Å². The molecule has 7 heteroatoms. The second kappa shape index (κ2) is 9.23. The zero-order chi connectivity index (χ0) is 20.8. The minimum atomic E-state index is -0.775. The van der Waals surface area contributed by atoms with E-state index >= 15 is 0 Å². The average Bonchev–Trinajstić information content (AvgIpc) is 3.58. The van der Waals surface area contributed by atoms with Crippen LogP contribution >= 0.6 is 0 Å². The van der Waals surface area contributed by atoms with Crippen LogP contribution in [0.15, 0.2) is 48.5 Å². The van der Waals surface area contributed by atoms with E-state index in [1.807, 2.05) is 24.3 Å². The number of ether oxygens (including phenoxy) is 1. The normalized spacial score (nSPS) is 13.9. The highest BCUT2D eigenvalue weighted by atomic mass is 16.5. The van der Waals surface area contributed by atoms with E-state index < -0.39 is 17.9 Å². The van der Waals surface area contributed by atoms with E-state index in [2.05, 4.69) is 23.1 Å². The number of hydrogen-bond acceptors (Lipinski definition) is 4. The van der Waals surface area contributed by atoms with E-state index in [9.17, 15) is 14.4 Å².